The second-order valence-corrected chi connectivity index (χ2v) is 6.30. The normalized spacial score (nSPS) is 19.7. The number of hydrogen-bond acceptors (Lipinski definition) is 2. The largest absolute Gasteiger partial charge is 0.321 e. The van der Waals surface area contributed by atoms with Crippen molar-refractivity contribution in [3.8, 4) is 0 Å². The van der Waals surface area contributed by atoms with Crippen LogP contribution in [0.4, 0.5) is 0 Å². The summed E-state index contributed by atoms with van der Waals surface area (Å²) in [4.78, 5) is 4.99. The molecular weight excluding hydrogens is 232 g/mol. The molecule has 0 unspecified atom stereocenters. The summed E-state index contributed by atoms with van der Waals surface area (Å²) >= 11 is 0. The van der Waals surface area contributed by atoms with Gasteiger partial charge in [-0.2, -0.15) is 0 Å². The first kappa shape index (κ1) is 14.3. The van der Waals surface area contributed by atoms with Crippen LogP contribution in [0.1, 0.15) is 58.1 Å². The Hall–Kier alpha value is -1.15. The van der Waals surface area contributed by atoms with Crippen LogP contribution in [0.3, 0.4) is 0 Å². The second-order valence-electron chi connectivity index (χ2n) is 6.30. The van der Waals surface area contributed by atoms with Gasteiger partial charge in [-0.3, -0.25) is 4.99 Å². The van der Waals surface area contributed by atoms with Crippen molar-refractivity contribution < 1.29 is 0 Å². The molecule has 0 radical (unpaired) electrons. The molecule has 2 N–H and O–H groups in total. The van der Waals surface area contributed by atoms with Crippen molar-refractivity contribution in [3.05, 3.63) is 35.9 Å². The molecule has 1 saturated carbocycles. The Balaban J connectivity index is 2.25. The highest BCUT2D eigenvalue weighted by molar-refractivity contribution is 5.95. The summed E-state index contributed by atoms with van der Waals surface area (Å²) in [6.45, 7) is 6.33. The van der Waals surface area contributed by atoms with E-state index in [4.69, 9.17) is 10.7 Å². The van der Waals surface area contributed by atoms with Gasteiger partial charge in [0.25, 0.3) is 0 Å². The lowest BCUT2D eigenvalue weighted by Gasteiger charge is -2.28. The lowest BCUT2D eigenvalue weighted by atomic mass is 9.87. The van der Waals surface area contributed by atoms with E-state index in [2.05, 4.69) is 45.0 Å². The van der Waals surface area contributed by atoms with Gasteiger partial charge in [-0.15, -0.1) is 0 Å². The van der Waals surface area contributed by atoms with Crippen LogP contribution in [0, 0.1) is 5.92 Å². The van der Waals surface area contributed by atoms with E-state index in [1.807, 2.05) is 6.07 Å². The van der Waals surface area contributed by atoms with Crippen LogP contribution in [0.5, 0.6) is 0 Å². The quantitative estimate of drug-likeness (QED) is 0.811. The minimum Gasteiger partial charge on any atom is -0.321 e. The molecule has 2 heteroatoms. The van der Waals surface area contributed by atoms with Crippen LogP contribution in [-0.2, 0) is 0 Å². The molecule has 1 fully saturated rings. The molecule has 1 aliphatic rings. The maximum Gasteiger partial charge on any atom is 0.0721 e. The zero-order valence-electron chi connectivity index (χ0n) is 12.4. The molecule has 0 aliphatic heterocycles. The number of nitrogens with two attached hydrogens (primary N) is 1. The highest BCUT2D eigenvalue weighted by Gasteiger charge is 2.30. The maximum absolute atomic E-state index is 6.36. The highest BCUT2D eigenvalue weighted by Crippen LogP contribution is 2.31. The fourth-order valence-electron chi connectivity index (χ4n) is 3.01. The topological polar surface area (TPSA) is 38.4 Å². The molecule has 2 nitrogen and oxygen atoms in total. The summed E-state index contributed by atoms with van der Waals surface area (Å²) in [6, 6.07) is 10.7. The molecule has 0 aromatic heterocycles. The Morgan fingerprint density at radius 1 is 1.21 bits per heavy atom. The van der Waals surface area contributed by atoms with Crippen molar-refractivity contribution in [2.75, 3.05) is 0 Å². The average molecular weight is 258 g/mol. The molecule has 0 saturated heterocycles. The van der Waals surface area contributed by atoms with E-state index >= 15 is 0 Å². The van der Waals surface area contributed by atoms with Gasteiger partial charge in [0.05, 0.1) is 6.04 Å². The Labute approximate surface area is 117 Å². The standard InChI is InChI=1S/C17H26N2/c1-13(14-9-5-4-6-10-14)19-16(17(2,3)18)15-11-7-8-12-15/h4-6,9-10,13,15H,7-8,11-12,18H2,1-3H3/b19-16-/t13-/m1/s1. The third-order valence-electron chi connectivity index (χ3n) is 4.02. The van der Waals surface area contributed by atoms with Crippen LogP contribution in [0.15, 0.2) is 35.3 Å². The summed E-state index contributed by atoms with van der Waals surface area (Å²) in [5, 5.41) is 0. The minimum absolute atomic E-state index is 0.194. The van der Waals surface area contributed by atoms with Gasteiger partial charge in [-0.25, -0.2) is 0 Å². The van der Waals surface area contributed by atoms with Gasteiger partial charge in [-0.1, -0.05) is 43.2 Å². The summed E-state index contributed by atoms with van der Waals surface area (Å²) in [5.74, 6) is 0.589. The summed E-state index contributed by atoms with van der Waals surface area (Å²) < 4.78 is 0. The average Bonchev–Trinajstić information content (AvgIpc) is 2.88. The Morgan fingerprint density at radius 3 is 2.32 bits per heavy atom. The third-order valence-corrected chi connectivity index (χ3v) is 4.02. The predicted molar refractivity (Wildman–Crippen MR) is 82.5 cm³/mol. The smallest absolute Gasteiger partial charge is 0.0721 e. The number of benzene rings is 1. The molecule has 0 heterocycles. The SMILES string of the molecule is C[C@@H](/N=C(/C1CCCC1)C(C)(C)N)c1ccccc1. The van der Waals surface area contributed by atoms with Crippen molar-refractivity contribution in [3.63, 3.8) is 0 Å². The van der Waals surface area contributed by atoms with E-state index in [0.717, 1.165) is 0 Å². The number of aliphatic imine (C=N–C) groups is 1. The number of rotatable bonds is 4. The van der Waals surface area contributed by atoms with Crippen molar-refractivity contribution in [2.45, 2.75) is 58.0 Å². The van der Waals surface area contributed by atoms with Crippen LogP contribution < -0.4 is 5.73 Å². The van der Waals surface area contributed by atoms with Crippen molar-refractivity contribution in [2.24, 2.45) is 16.6 Å². The first-order valence-corrected chi connectivity index (χ1v) is 7.40. The van der Waals surface area contributed by atoms with Gasteiger partial charge in [0, 0.05) is 11.3 Å². The molecule has 0 amide bonds. The Bertz CT molecular complexity index is 422. The first-order valence-electron chi connectivity index (χ1n) is 7.40. The van der Waals surface area contributed by atoms with E-state index in [9.17, 15) is 0 Å². The lowest BCUT2D eigenvalue weighted by molar-refractivity contribution is 0.596. The summed E-state index contributed by atoms with van der Waals surface area (Å²) in [6.07, 6.45) is 5.14. The van der Waals surface area contributed by atoms with E-state index in [0.29, 0.717) is 5.92 Å². The molecule has 0 spiro atoms. The molecule has 104 valence electrons. The lowest BCUT2D eigenvalue weighted by Crippen LogP contribution is -2.45. The summed E-state index contributed by atoms with van der Waals surface area (Å²) in [5.41, 5.74) is 8.52. The van der Waals surface area contributed by atoms with Crippen molar-refractivity contribution in [1.82, 2.24) is 0 Å². The molecule has 19 heavy (non-hydrogen) atoms. The van der Waals surface area contributed by atoms with E-state index < -0.39 is 0 Å². The molecular formula is C17H26N2. The van der Waals surface area contributed by atoms with Gasteiger partial charge in [0.15, 0.2) is 0 Å². The third kappa shape index (κ3) is 3.66. The monoisotopic (exact) mass is 258 g/mol. The van der Waals surface area contributed by atoms with Crippen LogP contribution >= 0.6 is 0 Å². The fourth-order valence-corrected chi connectivity index (χ4v) is 3.01. The highest BCUT2D eigenvalue weighted by atomic mass is 14.9. The van der Waals surface area contributed by atoms with Crippen LogP contribution in [-0.4, -0.2) is 11.3 Å². The predicted octanol–water partition coefficient (Wildman–Crippen LogP) is 4.12. The zero-order chi connectivity index (χ0) is 13.9. The number of hydrogen-bond donors (Lipinski definition) is 1. The first-order chi connectivity index (χ1) is 8.98. The van der Waals surface area contributed by atoms with Crippen molar-refractivity contribution in [1.29, 1.82) is 0 Å². The van der Waals surface area contributed by atoms with Crippen LogP contribution in [0.25, 0.3) is 0 Å². The fraction of sp³-hybridized carbons (Fsp3) is 0.588. The van der Waals surface area contributed by atoms with Crippen molar-refractivity contribution >= 4 is 5.71 Å². The van der Waals surface area contributed by atoms with Crippen LogP contribution in [0.2, 0.25) is 0 Å². The second kappa shape index (κ2) is 5.87. The molecule has 1 aliphatic carbocycles. The molecule has 2 rings (SSSR count). The summed E-state index contributed by atoms with van der Waals surface area (Å²) in [7, 11) is 0. The molecule has 1 aromatic carbocycles. The van der Waals surface area contributed by atoms with Gasteiger partial charge in [0.2, 0.25) is 0 Å². The zero-order valence-corrected chi connectivity index (χ0v) is 12.4. The number of nitrogens with zero attached hydrogens (tertiary/aromatic N) is 1. The Kier molecular flexibility index (Phi) is 4.41. The maximum atomic E-state index is 6.36. The van der Waals surface area contributed by atoms with Gasteiger partial charge in [0.1, 0.15) is 0 Å². The Morgan fingerprint density at radius 2 is 1.79 bits per heavy atom. The van der Waals surface area contributed by atoms with Gasteiger partial charge < -0.3 is 5.73 Å². The van der Waals surface area contributed by atoms with Gasteiger partial charge in [-0.05, 0) is 45.1 Å². The molecule has 0 bridgehead atoms. The molecule has 1 atom stereocenters. The van der Waals surface area contributed by atoms with E-state index in [1.165, 1.54) is 37.0 Å². The molecule has 1 aromatic rings. The van der Waals surface area contributed by atoms with Gasteiger partial charge >= 0.3 is 0 Å². The van der Waals surface area contributed by atoms with E-state index in [1.54, 1.807) is 0 Å². The van der Waals surface area contributed by atoms with E-state index in [-0.39, 0.29) is 11.6 Å². The minimum atomic E-state index is -0.307.